The lowest BCUT2D eigenvalue weighted by Gasteiger charge is -2.30. The summed E-state index contributed by atoms with van der Waals surface area (Å²) in [6.07, 6.45) is 0.665. The fourth-order valence-corrected chi connectivity index (χ4v) is 5.17. The van der Waals surface area contributed by atoms with Crippen LogP contribution < -0.4 is 10.9 Å². The van der Waals surface area contributed by atoms with Gasteiger partial charge < -0.3 is 28.7 Å². The number of carbonyl (C=O) groups is 1. The van der Waals surface area contributed by atoms with Gasteiger partial charge in [-0.05, 0) is 43.5 Å². The molecule has 11 heteroatoms. The molecule has 0 bridgehead atoms. The summed E-state index contributed by atoms with van der Waals surface area (Å²) in [6.45, 7) is 12.4. The Morgan fingerprint density at radius 1 is 0.818 bits per heavy atom. The first-order chi connectivity index (χ1) is 21.5. The number of fused-ring (bicyclic) bond motifs is 1. The number of rotatable bonds is 6. The summed E-state index contributed by atoms with van der Waals surface area (Å²) in [5.41, 5.74) is 3.07. The van der Waals surface area contributed by atoms with E-state index in [0.717, 1.165) is 16.8 Å². The molecule has 0 radical (unpaired) electrons. The van der Waals surface area contributed by atoms with Gasteiger partial charge in [0.05, 0.1) is 76.3 Å². The zero-order valence-corrected chi connectivity index (χ0v) is 26.2. The van der Waals surface area contributed by atoms with Crippen LogP contribution in [0.3, 0.4) is 0 Å². The van der Waals surface area contributed by atoms with E-state index in [4.69, 9.17) is 23.4 Å². The molecule has 1 aliphatic heterocycles. The Morgan fingerprint density at radius 3 is 2.02 bits per heavy atom. The van der Waals surface area contributed by atoms with Crippen molar-refractivity contribution in [3.05, 3.63) is 69.9 Å². The maximum atomic E-state index is 13.3. The number of carbonyl (C=O) groups excluding carboxylic acids is 1. The van der Waals surface area contributed by atoms with Crippen LogP contribution in [0, 0.1) is 13.8 Å². The Balaban J connectivity index is 1.30. The van der Waals surface area contributed by atoms with Crippen LogP contribution in [0.4, 0.5) is 5.69 Å². The maximum Gasteiger partial charge on any atom is 0.346 e. The number of aryl methyl sites for hydroxylation is 2. The molecule has 0 saturated carbocycles. The van der Waals surface area contributed by atoms with Gasteiger partial charge in [0.1, 0.15) is 0 Å². The zero-order chi connectivity index (χ0) is 31.1. The number of para-hydroxylation sites is 2. The number of nitrogens with zero attached hydrogens (tertiary/aromatic N) is 3. The number of ether oxygens (including phenoxy) is 4. The lowest BCUT2D eigenvalue weighted by molar-refractivity contribution is -0.122. The van der Waals surface area contributed by atoms with Crippen LogP contribution in [-0.4, -0.2) is 106 Å². The van der Waals surface area contributed by atoms with Crippen LogP contribution in [0.1, 0.15) is 30.4 Å². The van der Waals surface area contributed by atoms with Gasteiger partial charge in [-0.25, -0.2) is 9.78 Å². The smallest absolute Gasteiger partial charge is 0.346 e. The van der Waals surface area contributed by atoms with Crippen molar-refractivity contribution in [3.8, 4) is 0 Å². The Kier molecular flexibility index (Phi) is 13.7. The van der Waals surface area contributed by atoms with Crippen LogP contribution in [0.25, 0.3) is 10.9 Å². The highest BCUT2D eigenvalue weighted by Gasteiger charge is 2.24. The summed E-state index contributed by atoms with van der Waals surface area (Å²) in [5.74, 6) is 0.335. The van der Waals surface area contributed by atoms with Crippen molar-refractivity contribution in [2.45, 2.75) is 39.8 Å². The summed E-state index contributed by atoms with van der Waals surface area (Å²) in [7, 11) is 0. The highest BCUT2D eigenvalue weighted by molar-refractivity contribution is 5.95. The van der Waals surface area contributed by atoms with Crippen molar-refractivity contribution in [2.75, 3.05) is 84.4 Å². The lowest BCUT2D eigenvalue weighted by Crippen LogP contribution is -2.46. The summed E-state index contributed by atoms with van der Waals surface area (Å²) >= 11 is 0. The molecule has 1 unspecified atom stereocenters. The SMILES string of the molecule is CCC(C(=O)Nc1ccccc1C)N1CCOCCOCCN(Cc2nc3c(C)cccc3c(=O)o2)CCOCCOCC1. The van der Waals surface area contributed by atoms with E-state index >= 15 is 0 Å². The zero-order valence-electron chi connectivity index (χ0n) is 26.2. The standard InChI is InChI=1S/C33H46N4O7/c1-4-29(32(38)34-28-11-6-5-8-25(28)2)37-14-18-42-22-20-40-16-12-36(13-17-41-21-23-43-19-15-37)24-30-35-31-26(3)9-7-10-27(31)33(39)44-30/h5-11,29H,4,12-24H2,1-3H3,(H,34,38). The van der Waals surface area contributed by atoms with E-state index in [0.29, 0.717) is 109 Å². The second-order valence-electron chi connectivity index (χ2n) is 10.9. The third-order valence-corrected chi connectivity index (χ3v) is 7.69. The second kappa shape index (κ2) is 17.9. The van der Waals surface area contributed by atoms with Gasteiger partial charge in [-0.1, -0.05) is 37.3 Å². The third-order valence-electron chi connectivity index (χ3n) is 7.69. The van der Waals surface area contributed by atoms with Crippen molar-refractivity contribution in [2.24, 2.45) is 0 Å². The Morgan fingerprint density at radius 2 is 1.41 bits per heavy atom. The average Bonchev–Trinajstić information content (AvgIpc) is 3.00. The molecule has 1 amide bonds. The number of nitrogens with one attached hydrogen (secondary N) is 1. The fraction of sp³-hybridized carbons (Fsp3) is 0.545. The van der Waals surface area contributed by atoms with Crippen molar-refractivity contribution < 1.29 is 28.2 Å². The van der Waals surface area contributed by atoms with E-state index in [1.807, 2.05) is 57.2 Å². The molecule has 4 rings (SSSR count). The molecular weight excluding hydrogens is 564 g/mol. The molecule has 0 aliphatic carbocycles. The summed E-state index contributed by atoms with van der Waals surface area (Å²) in [4.78, 5) is 34.7. The van der Waals surface area contributed by atoms with E-state index in [-0.39, 0.29) is 17.6 Å². The Bertz CT molecular complexity index is 1360. The van der Waals surface area contributed by atoms with E-state index in [2.05, 4.69) is 20.1 Å². The Labute approximate surface area is 259 Å². The topological polar surface area (TPSA) is 116 Å². The number of hydrogen-bond acceptors (Lipinski definition) is 10. The first kappa shape index (κ1) is 33.7. The van der Waals surface area contributed by atoms with E-state index in [9.17, 15) is 9.59 Å². The molecule has 240 valence electrons. The molecule has 3 aromatic rings. The van der Waals surface area contributed by atoms with Gasteiger partial charge in [0, 0.05) is 31.9 Å². The minimum absolute atomic E-state index is 0.0338. The molecule has 1 fully saturated rings. The molecule has 2 aromatic carbocycles. The molecule has 1 aromatic heterocycles. The normalized spacial score (nSPS) is 18.3. The van der Waals surface area contributed by atoms with E-state index in [1.54, 1.807) is 6.07 Å². The summed E-state index contributed by atoms with van der Waals surface area (Å²) in [6, 6.07) is 13.0. The molecule has 1 atom stereocenters. The van der Waals surface area contributed by atoms with E-state index in [1.165, 1.54) is 0 Å². The first-order valence-electron chi connectivity index (χ1n) is 15.5. The highest BCUT2D eigenvalue weighted by atomic mass is 16.5. The van der Waals surface area contributed by atoms with E-state index < -0.39 is 0 Å². The summed E-state index contributed by atoms with van der Waals surface area (Å²) in [5, 5.41) is 3.58. The van der Waals surface area contributed by atoms with Crippen LogP contribution in [0.2, 0.25) is 0 Å². The minimum atomic E-state index is -0.382. The second-order valence-corrected chi connectivity index (χ2v) is 10.9. The molecule has 1 aliphatic rings. The van der Waals surface area contributed by atoms with Gasteiger partial charge in [0.15, 0.2) is 0 Å². The number of anilines is 1. The molecule has 1 saturated heterocycles. The largest absolute Gasteiger partial charge is 0.406 e. The predicted molar refractivity (Wildman–Crippen MR) is 169 cm³/mol. The van der Waals surface area contributed by atoms with Crippen molar-refractivity contribution >= 4 is 22.5 Å². The first-order valence-corrected chi connectivity index (χ1v) is 15.5. The molecule has 11 nitrogen and oxygen atoms in total. The van der Waals surface area contributed by atoms with Gasteiger partial charge in [-0.2, -0.15) is 0 Å². The maximum absolute atomic E-state index is 13.3. The van der Waals surface area contributed by atoms with Crippen LogP contribution in [-0.2, 0) is 30.3 Å². The third kappa shape index (κ3) is 10.2. The van der Waals surface area contributed by atoms with Crippen LogP contribution in [0.15, 0.2) is 51.7 Å². The molecule has 0 spiro atoms. The van der Waals surface area contributed by atoms with Crippen LogP contribution >= 0.6 is 0 Å². The summed E-state index contributed by atoms with van der Waals surface area (Å²) < 4.78 is 29.0. The number of benzene rings is 2. The monoisotopic (exact) mass is 610 g/mol. The Hall–Kier alpha value is -3.19. The quantitative estimate of drug-likeness (QED) is 0.445. The van der Waals surface area contributed by atoms with Gasteiger partial charge in [-0.15, -0.1) is 0 Å². The van der Waals surface area contributed by atoms with Gasteiger partial charge in [0.25, 0.3) is 0 Å². The molecule has 1 N–H and O–H groups in total. The number of hydrogen-bond donors (Lipinski definition) is 1. The van der Waals surface area contributed by atoms with Gasteiger partial charge in [-0.3, -0.25) is 14.6 Å². The molecule has 2 heterocycles. The predicted octanol–water partition coefficient (Wildman–Crippen LogP) is 3.41. The van der Waals surface area contributed by atoms with Crippen molar-refractivity contribution in [1.29, 1.82) is 0 Å². The molecular formula is C33H46N4O7. The van der Waals surface area contributed by atoms with Gasteiger partial charge in [0.2, 0.25) is 11.8 Å². The highest BCUT2D eigenvalue weighted by Crippen LogP contribution is 2.16. The molecule has 44 heavy (non-hydrogen) atoms. The average molecular weight is 611 g/mol. The van der Waals surface area contributed by atoms with Crippen molar-refractivity contribution in [1.82, 2.24) is 14.8 Å². The minimum Gasteiger partial charge on any atom is -0.406 e. The van der Waals surface area contributed by atoms with Crippen molar-refractivity contribution in [3.63, 3.8) is 0 Å². The van der Waals surface area contributed by atoms with Crippen LogP contribution in [0.5, 0.6) is 0 Å². The van der Waals surface area contributed by atoms with Gasteiger partial charge >= 0.3 is 5.63 Å². The number of aromatic nitrogens is 1. The fourth-order valence-electron chi connectivity index (χ4n) is 5.17. The lowest BCUT2D eigenvalue weighted by atomic mass is 10.1. The number of amides is 1.